The highest BCUT2D eigenvalue weighted by Crippen LogP contribution is 2.18. The summed E-state index contributed by atoms with van der Waals surface area (Å²) in [4.78, 5) is 27.6. The number of hydrogen-bond acceptors (Lipinski definition) is 6. The van der Waals surface area contributed by atoms with Crippen molar-refractivity contribution in [2.24, 2.45) is 0 Å². The standard InChI is InChI=1S/C17H19N3O5S/c1-25-17(22)14-5-7-15(8-6-14)20(26(2,23)24)12-16(21)19-11-13-4-3-9-18-10-13/h3-10H,11-12H2,1-2H3,(H,19,21). The highest BCUT2D eigenvalue weighted by molar-refractivity contribution is 7.92. The average Bonchev–Trinajstić information content (AvgIpc) is 2.64. The summed E-state index contributed by atoms with van der Waals surface area (Å²) >= 11 is 0. The van der Waals surface area contributed by atoms with E-state index in [0.29, 0.717) is 0 Å². The van der Waals surface area contributed by atoms with E-state index >= 15 is 0 Å². The van der Waals surface area contributed by atoms with Crippen LogP contribution in [0.3, 0.4) is 0 Å². The number of sulfonamides is 1. The van der Waals surface area contributed by atoms with E-state index in [2.05, 4.69) is 15.0 Å². The van der Waals surface area contributed by atoms with Crippen LogP contribution in [0.4, 0.5) is 5.69 Å². The van der Waals surface area contributed by atoms with Gasteiger partial charge in [0, 0.05) is 18.9 Å². The summed E-state index contributed by atoms with van der Waals surface area (Å²) in [5.74, 6) is -0.993. The molecule has 0 radical (unpaired) electrons. The van der Waals surface area contributed by atoms with Crippen molar-refractivity contribution in [3.63, 3.8) is 0 Å². The first-order valence-corrected chi connectivity index (χ1v) is 9.48. The Morgan fingerprint density at radius 1 is 1.19 bits per heavy atom. The molecule has 1 N–H and O–H groups in total. The summed E-state index contributed by atoms with van der Waals surface area (Å²) in [5, 5.41) is 2.65. The van der Waals surface area contributed by atoms with Crippen LogP contribution in [-0.4, -0.2) is 45.2 Å². The lowest BCUT2D eigenvalue weighted by Crippen LogP contribution is -2.40. The van der Waals surface area contributed by atoms with Gasteiger partial charge in [-0.05, 0) is 35.9 Å². The molecular weight excluding hydrogens is 358 g/mol. The Hall–Kier alpha value is -2.94. The van der Waals surface area contributed by atoms with E-state index in [-0.39, 0.29) is 24.3 Å². The lowest BCUT2D eigenvalue weighted by Gasteiger charge is -2.22. The van der Waals surface area contributed by atoms with Crippen LogP contribution in [0.2, 0.25) is 0 Å². The van der Waals surface area contributed by atoms with E-state index < -0.39 is 21.9 Å². The largest absolute Gasteiger partial charge is 0.465 e. The minimum Gasteiger partial charge on any atom is -0.465 e. The highest BCUT2D eigenvalue weighted by Gasteiger charge is 2.21. The van der Waals surface area contributed by atoms with Gasteiger partial charge in [-0.1, -0.05) is 6.07 Å². The van der Waals surface area contributed by atoms with E-state index in [0.717, 1.165) is 16.1 Å². The number of amides is 1. The van der Waals surface area contributed by atoms with Gasteiger partial charge in [-0.15, -0.1) is 0 Å². The lowest BCUT2D eigenvalue weighted by atomic mass is 10.2. The molecule has 0 fully saturated rings. The van der Waals surface area contributed by atoms with Crippen LogP contribution in [0.25, 0.3) is 0 Å². The number of methoxy groups -OCH3 is 1. The Bertz CT molecular complexity index is 867. The molecule has 8 nitrogen and oxygen atoms in total. The van der Waals surface area contributed by atoms with E-state index in [4.69, 9.17) is 0 Å². The van der Waals surface area contributed by atoms with Crippen LogP contribution in [-0.2, 0) is 26.1 Å². The molecule has 0 spiro atoms. The van der Waals surface area contributed by atoms with Gasteiger partial charge in [0.15, 0.2) is 0 Å². The number of esters is 1. The third kappa shape index (κ3) is 5.28. The minimum atomic E-state index is -3.69. The summed E-state index contributed by atoms with van der Waals surface area (Å²) in [7, 11) is -2.44. The molecule has 1 aromatic carbocycles. The fourth-order valence-electron chi connectivity index (χ4n) is 2.17. The Balaban J connectivity index is 2.10. The molecule has 0 unspecified atom stereocenters. The number of nitrogens with zero attached hydrogens (tertiary/aromatic N) is 2. The van der Waals surface area contributed by atoms with Crippen molar-refractivity contribution in [2.45, 2.75) is 6.54 Å². The first-order chi connectivity index (χ1) is 12.3. The van der Waals surface area contributed by atoms with Crippen LogP contribution in [0.15, 0.2) is 48.8 Å². The number of carbonyl (C=O) groups excluding carboxylic acids is 2. The topological polar surface area (TPSA) is 106 Å². The third-order valence-corrected chi connectivity index (χ3v) is 4.62. The fourth-order valence-corrected chi connectivity index (χ4v) is 3.03. The van der Waals surface area contributed by atoms with E-state index in [9.17, 15) is 18.0 Å². The van der Waals surface area contributed by atoms with Gasteiger partial charge < -0.3 is 10.1 Å². The predicted octanol–water partition coefficient (Wildman–Crippen LogP) is 0.951. The van der Waals surface area contributed by atoms with E-state index in [1.807, 2.05) is 0 Å². The number of benzene rings is 1. The van der Waals surface area contributed by atoms with Crippen molar-refractivity contribution in [3.8, 4) is 0 Å². The highest BCUT2D eigenvalue weighted by atomic mass is 32.2. The Kier molecular flexibility index (Phi) is 6.29. The van der Waals surface area contributed by atoms with Gasteiger partial charge in [0.05, 0.1) is 24.6 Å². The molecule has 2 rings (SSSR count). The van der Waals surface area contributed by atoms with E-state index in [1.165, 1.54) is 31.4 Å². The molecule has 138 valence electrons. The van der Waals surface area contributed by atoms with Crippen molar-refractivity contribution >= 4 is 27.6 Å². The number of nitrogens with one attached hydrogen (secondary N) is 1. The second-order valence-electron chi connectivity index (χ2n) is 5.45. The van der Waals surface area contributed by atoms with Gasteiger partial charge in [0.25, 0.3) is 0 Å². The maximum atomic E-state index is 12.2. The second-order valence-corrected chi connectivity index (χ2v) is 7.35. The average molecular weight is 377 g/mol. The summed E-state index contributed by atoms with van der Waals surface area (Å²) in [6.45, 7) is -0.137. The molecule has 0 aliphatic heterocycles. The molecule has 26 heavy (non-hydrogen) atoms. The Morgan fingerprint density at radius 3 is 2.42 bits per heavy atom. The zero-order chi connectivity index (χ0) is 19.2. The van der Waals surface area contributed by atoms with Crippen LogP contribution >= 0.6 is 0 Å². The van der Waals surface area contributed by atoms with Crippen LogP contribution in [0.1, 0.15) is 15.9 Å². The summed E-state index contributed by atoms with van der Waals surface area (Å²) in [6, 6.07) is 9.31. The normalized spacial score (nSPS) is 10.8. The van der Waals surface area contributed by atoms with Gasteiger partial charge in [0.1, 0.15) is 6.54 Å². The maximum absolute atomic E-state index is 12.2. The molecule has 9 heteroatoms. The summed E-state index contributed by atoms with van der Waals surface area (Å²) in [5.41, 5.74) is 1.36. The van der Waals surface area contributed by atoms with Crippen LogP contribution < -0.4 is 9.62 Å². The molecule has 1 heterocycles. The molecule has 0 aliphatic carbocycles. The number of hydrogen-bond donors (Lipinski definition) is 1. The summed E-state index contributed by atoms with van der Waals surface area (Å²) < 4.78 is 29.7. The molecule has 0 aliphatic rings. The van der Waals surface area contributed by atoms with Crippen molar-refractivity contribution in [3.05, 3.63) is 59.9 Å². The van der Waals surface area contributed by atoms with Gasteiger partial charge >= 0.3 is 5.97 Å². The molecule has 2 aromatic rings. The lowest BCUT2D eigenvalue weighted by molar-refractivity contribution is -0.119. The molecule has 1 amide bonds. The molecular formula is C17H19N3O5S. The second kappa shape index (κ2) is 8.43. The zero-order valence-electron chi connectivity index (χ0n) is 14.4. The van der Waals surface area contributed by atoms with Crippen LogP contribution in [0.5, 0.6) is 0 Å². The monoisotopic (exact) mass is 377 g/mol. The molecule has 1 aromatic heterocycles. The number of anilines is 1. The van der Waals surface area contributed by atoms with E-state index in [1.54, 1.807) is 24.5 Å². The molecule has 0 atom stereocenters. The van der Waals surface area contributed by atoms with Crippen molar-refractivity contribution in [1.29, 1.82) is 0 Å². The first kappa shape index (κ1) is 19.4. The third-order valence-electron chi connectivity index (χ3n) is 3.48. The van der Waals surface area contributed by atoms with Crippen LogP contribution in [0, 0.1) is 0 Å². The minimum absolute atomic E-state index is 0.242. The fraction of sp³-hybridized carbons (Fsp3) is 0.235. The number of aromatic nitrogens is 1. The van der Waals surface area contributed by atoms with Gasteiger partial charge in [-0.3, -0.25) is 14.1 Å². The molecule has 0 saturated heterocycles. The van der Waals surface area contributed by atoms with Crippen molar-refractivity contribution in [2.75, 3.05) is 24.2 Å². The zero-order valence-corrected chi connectivity index (χ0v) is 15.2. The van der Waals surface area contributed by atoms with Gasteiger partial charge in [-0.2, -0.15) is 0 Å². The first-order valence-electron chi connectivity index (χ1n) is 7.63. The summed E-state index contributed by atoms with van der Waals surface area (Å²) in [6.07, 6.45) is 4.24. The molecule has 0 saturated carbocycles. The number of pyridine rings is 1. The Labute approximate surface area is 151 Å². The van der Waals surface area contributed by atoms with Crippen molar-refractivity contribution in [1.82, 2.24) is 10.3 Å². The van der Waals surface area contributed by atoms with Gasteiger partial charge in [-0.25, -0.2) is 13.2 Å². The SMILES string of the molecule is COC(=O)c1ccc(N(CC(=O)NCc2cccnc2)S(C)(=O)=O)cc1. The number of ether oxygens (including phenoxy) is 1. The number of carbonyl (C=O) groups is 2. The van der Waals surface area contributed by atoms with Gasteiger partial charge in [0.2, 0.25) is 15.9 Å². The quantitative estimate of drug-likeness (QED) is 0.720. The maximum Gasteiger partial charge on any atom is 0.337 e. The predicted molar refractivity (Wildman–Crippen MR) is 96.1 cm³/mol. The molecule has 0 bridgehead atoms. The number of rotatable bonds is 7. The Morgan fingerprint density at radius 2 is 1.88 bits per heavy atom. The smallest absolute Gasteiger partial charge is 0.337 e. The van der Waals surface area contributed by atoms with Crippen molar-refractivity contribution < 1.29 is 22.7 Å².